The Morgan fingerprint density at radius 3 is 2.82 bits per heavy atom. The summed E-state index contributed by atoms with van der Waals surface area (Å²) in [6.07, 6.45) is 5.44. The Balaban J connectivity index is 2.85. The van der Waals surface area contributed by atoms with Crippen LogP contribution in [0.15, 0.2) is 18.5 Å². The minimum atomic E-state index is 0.0541. The molecule has 0 aliphatic carbocycles. The largest absolute Gasteiger partial charge is 0.387 e. The van der Waals surface area contributed by atoms with Crippen molar-refractivity contribution in [2.45, 2.75) is 26.7 Å². The standard InChI is InChI=1S/C13H21N3O/c1-4-6-9-16(5-2)13(17)11-10-15-8-7-12(11)14-3/h7-8,10H,4-6,9H2,1-3H3,(H,14,15). The SMILES string of the molecule is CCCCN(CC)C(=O)c1cnccc1NC. The van der Waals surface area contributed by atoms with E-state index in [2.05, 4.69) is 17.2 Å². The third kappa shape index (κ3) is 3.44. The van der Waals surface area contributed by atoms with Gasteiger partial charge in [-0.15, -0.1) is 0 Å². The summed E-state index contributed by atoms with van der Waals surface area (Å²) < 4.78 is 0. The lowest BCUT2D eigenvalue weighted by molar-refractivity contribution is 0.0763. The molecule has 1 aromatic rings. The molecule has 0 fully saturated rings. The molecule has 0 aliphatic rings. The van der Waals surface area contributed by atoms with Crippen molar-refractivity contribution < 1.29 is 4.79 Å². The number of anilines is 1. The van der Waals surface area contributed by atoms with Crippen LogP contribution in [0.3, 0.4) is 0 Å². The van der Waals surface area contributed by atoms with Gasteiger partial charge in [0.2, 0.25) is 0 Å². The number of hydrogen-bond donors (Lipinski definition) is 1. The van der Waals surface area contributed by atoms with Crippen LogP contribution in [0.1, 0.15) is 37.0 Å². The molecule has 0 bridgehead atoms. The molecule has 0 atom stereocenters. The molecule has 0 radical (unpaired) electrons. The molecule has 4 nitrogen and oxygen atoms in total. The maximum atomic E-state index is 12.3. The monoisotopic (exact) mass is 235 g/mol. The van der Waals surface area contributed by atoms with Crippen molar-refractivity contribution in [1.82, 2.24) is 9.88 Å². The summed E-state index contributed by atoms with van der Waals surface area (Å²) >= 11 is 0. The molecule has 0 aromatic carbocycles. The number of amides is 1. The summed E-state index contributed by atoms with van der Waals surface area (Å²) in [5.41, 5.74) is 1.48. The Labute approximate surface area is 103 Å². The van der Waals surface area contributed by atoms with Crippen LogP contribution >= 0.6 is 0 Å². The molecule has 0 saturated heterocycles. The van der Waals surface area contributed by atoms with Crippen molar-refractivity contribution in [3.05, 3.63) is 24.0 Å². The number of nitrogens with zero attached hydrogens (tertiary/aromatic N) is 2. The Morgan fingerprint density at radius 1 is 1.47 bits per heavy atom. The summed E-state index contributed by atoms with van der Waals surface area (Å²) in [5.74, 6) is 0.0541. The number of hydrogen-bond acceptors (Lipinski definition) is 3. The van der Waals surface area contributed by atoms with Crippen LogP contribution in [0.4, 0.5) is 5.69 Å². The first-order valence-corrected chi connectivity index (χ1v) is 6.15. The van der Waals surface area contributed by atoms with Crippen molar-refractivity contribution in [3.63, 3.8) is 0 Å². The van der Waals surface area contributed by atoms with Crippen molar-refractivity contribution in [3.8, 4) is 0 Å². The molecule has 1 amide bonds. The zero-order chi connectivity index (χ0) is 12.7. The normalized spacial score (nSPS) is 10.1. The predicted molar refractivity (Wildman–Crippen MR) is 70.3 cm³/mol. The van der Waals surface area contributed by atoms with Crippen LogP contribution < -0.4 is 5.32 Å². The number of aromatic nitrogens is 1. The van der Waals surface area contributed by atoms with E-state index in [1.807, 2.05) is 24.9 Å². The van der Waals surface area contributed by atoms with Gasteiger partial charge in [-0.25, -0.2) is 0 Å². The number of unbranched alkanes of at least 4 members (excludes halogenated alkanes) is 1. The average Bonchev–Trinajstić information content (AvgIpc) is 2.39. The van der Waals surface area contributed by atoms with Gasteiger partial charge in [0.1, 0.15) is 0 Å². The zero-order valence-corrected chi connectivity index (χ0v) is 10.9. The van der Waals surface area contributed by atoms with Gasteiger partial charge in [-0.3, -0.25) is 9.78 Å². The summed E-state index contributed by atoms with van der Waals surface area (Å²) in [6.45, 7) is 5.67. The van der Waals surface area contributed by atoms with Crippen LogP contribution in [-0.4, -0.2) is 35.9 Å². The second kappa shape index (κ2) is 6.89. The molecule has 1 N–H and O–H groups in total. The van der Waals surface area contributed by atoms with E-state index in [0.29, 0.717) is 5.56 Å². The molecule has 0 spiro atoms. The van der Waals surface area contributed by atoms with Gasteiger partial charge in [-0.2, -0.15) is 0 Å². The lowest BCUT2D eigenvalue weighted by Crippen LogP contribution is -2.32. The van der Waals surface area contributed by atoms with Gasteiger partial charge in [0.05, 0.1) is 5.56 Å². The fourth-order valence-corrected chi connectivity index (χ4v) is 1.71. The molecule has 1 rings (SSSR count). The maximum absolute atomic E-state index is 12.3. The lowest BCUT2D eigenvalue weighted by Gasteiger charge is -2.21. The topological polar surface area (TPSA) is 45.2 Å². The molecule has 0 saturated carbocycles. The highest BCUT2D eigenvalue weighted by Gasteiger charge is 2.16. The molecule has 17 heavy (non-hydrogen) atoms. The minimum absolute atomic E-state index is 0.0541. The molecule has 94 valence electrons. The van der Waals surface area contributed by atoms with Crippen LogP contribution in [0.2, 0.25) is 0 Å². The van der Waals surface area contributed by atoms with Crippen LogP contribution in [-0.2, 0) is 0 Å². The Morgan fingerprint density at radius 2 is 2.24 bits per heavy atom. The Hall–Kier alpha value is -1.58. The van der Waals surface area contributed by atoms with Gasteiger partial charge < -0.3 is 10.2 Å². The van der Waals surface area contributed by atoms with Crippen molar-refractivity contribution in [1.29, 1.82) is 0 Å². The number of rotatable bonds is 6. The Bertz CT molecular complexity index is 365. The van der Waals surface area contributed by atoms with E-state index in [1.165, 1.54) is 0 Å². The van der Waals surface area contributed by atoms with Gasteiger partial charge >= 0.3 is 0 Å². The highest BCUT2D eigenvalue weighted by Crippen LogP contribution is 2.15. The summed E-state index contributed by atoms with van der Waals surface area (Å²) in [4.78, 5) is 18.2. The van der Waals surface area contributed by atoms with Crippen molar-refractivity contribution in [2.75, 3.05) is 25.5 Å². The first-order chi connectivity index (χ1) is 8.24. The van der Waals surface area contributed by atoms with E-state index < -0.39 is 0 Å². The maximum Gasteiger partial charge on any atom is 0.257 e. The highest BCUT2D eigenvalue weighted by molar-refractivity contribution is 5.99. The number of pyridine rings is 1. The molecule has 0 aliphatic heterocycles. The summed E-state index contributed by atoms with van der Waals surface area (Å²) in [5, 5.41) is 3.02. The molecular weight excluding hydrogens is 214 g/mol. The van der Waals surface area contributed by atoms with Crippen LogP contribution in [0.25, 0.3) is 0 Å². The number of carbonyl (C=O) groups is 1. The third-order valence-electron chi connectivity index (χ3n) is 2.77. The van der Waals surface area contributed by atoms with E-state index >= 15 is 0 Å². The fourth-order valence-electron chi connectivity index (χ4n) is 1.71. The van der Waals surface area contributed by atoms with E-state index in [1.54, 1.807) is 12.4 Å². The van der Waals surface area contributed by atoms with E-state index in [9.17, 15) is 4.79 Å². The first-order valence-electron chi connectivity index (χ1n) is 6.15. The predicted octanol–water partition coefficient (Wildman–Crippen LogP) is 2.39. The van der Waals surface area contributed by atoms with E-state index in [4.69, 9.17) is 0 Å². The smallest absolute Gasteiger partial charge is 0.257 e. The molecular formula is C13H21N3O. The van der Waals surface area contributed by atoms with E-state index in [-0.39, 0.29) is 5.91 Å². The molecule has 1 aromatic heterocycles. The van der Waals surface area contributed by atoms with Crippen LogP contribution in [0.5, 0.6) is 0 Å². The average molecular weight is 235 g/mol. The van der Waals surface area contributed by atoms with Gasteiger partial charge in [-0.1, -0.05) is 13.3 Å². The fraction of sp³-hybridized carbons (Fsp3) is 0.538. The summed E-state index contributed by atoms with van der Waals surface area (Å²) in [7, 11) is 1.81. The van der Waals surface area contributed by atoms with Crippen LogP contribution in [0, 0.1) is 0 Å². The van der Waals surface area contributed by atoms with Gasteiger partial charge in [-0.05, 0) is 19.4 Å². The number of carbonyl (C=O) groups excluding carboxylic acids is 1. The van der Waals surface area contributed by atoms with Gasteiger partial charge in [0, 0.05) is 38.2 Å². The lowest BCUT2D eigenvalue weighted by atomic mass is 10.2. The second-order valence-corrected chi connectivity index (χ2v) is 3.91. The number of nitrogens with one attached hydrogen (secondary N) is 1. The molecule has 4 heteroatoms. The molecule has 1 heterocycles. The van der Waals surface area contributed by atoms with Crippen molar-refractivity contribution in [2.24, 2.45) is 0 Å². The minimum Gasteiger partial charge on any atom is -0.387 e. The highest BCUT2D eigenvalue weighted by atomic mass is 16.2. The summed E-state index contributed by atoms with van der Waals surface area (Å²) in [6, 6.07) is 1.82. The zero-order valence-electron chi connectivity index (χ0n) is 10.9. The van der Waals surface area contributed by atoms with Crippen molar-refractivity contribution >= 4 is 11.6 Å². The third-order valence-corrected chi connectivity index (χ3v) is 2.77. The van der Waals surface area contributed by atoms with Gasteiger partial charge in [0.25, 0.3) is 5.91 Å². The second-order valence-electron chi connectivity index (χ2n) is 3.91. The molecule has 0 unspecified atom stereocenters. The van der Waals surface area contributed by atoms with Gasteiger partial charge in [0.15, 0.2) is 0 Å². The Kier molecular flexibility index (Phi) is 5.46. The first kappa shape index (κ1) is 13.5. The van der Waals surface area contributed by atoms with E-state index in [0.717, 1.165) is 31.6 Å². The quantitative estimate of drug-likeness (QED) is 0.823.